The molecule has 0 bridgehead atoms. The minimum Gasteiger partial charge on any atom is -0.367 e. The number of Topliss-reactive ketones (excluding diaryl/α,β-unsaturated/α-hetero) is 1. The number of hydrogen-bond acceptors (Lipinski definition) is 4. The number of hydrogen-bond donors (Lipinski definition) is 0. The summed E-state index contributed by atoms with van der Waals surface area (Å²) >= 11 is 0. The summed E-state index contributed by atoms with van der Waals surface area (Å²) in [5.74, 6) is 0.897. The molecule has 0 N–H and O–H groups in total. The highest BCUT2D eigenvalue weighted by atomic mass is 16.5. The average molecular weight is 293 g/mol. The molecule has 0 atom stereocenters. The van der Waals surface area contributed by atoms with Gasteiger partial charge >= 0.3 is 0 Å². The molecule has 0 aliphatic heterocycles. The van der Waals surface area contributed by atoms with Crippen molar-refractivity contribution in [3.63, 3.8) is 0 Å². The fourth-order valence-electron chi connectivity index (χ4n) is 3.10. The number of rotatable bonds is 6. The zero-order chi connectivity index (χ0) is 15.5. The van der Waals surface area contributed by atoms with Crippen LogP contribution in [0.3, 0.4) is 0 Å². The van der Waals surface area contributed by atoms with E-state index in [0.29, 0.717) is 18.4 Å². The van der Waals surface area contributed by atoms with Gasteiger partial charge in [-0.05, 0) is 44.9 Å². The molecule has 0 saturated heterocycles. The summed E-state index contributed by atoms with van der Waals surface area (Å²) in [5, 5.41) is 4.14. The summed E-state index contributed by atoms with van der Waals surface area (Å²) in [6.45, 7) is 9.81. The van der Waals surface area contributed by atoms with Crippen LogP contribution in [0.1, 0.15) is 59.2 Å². The predicted molar refractivity (Wildman–Crippen MR) is 81.0 cm³/mol. The van der Waals surface area contributed by atoms with Gasteiger partial charge in [0, 0.05) is 13.2 Å². The van der Waals surface area contributed by atoms with Crippen molar-refractivity contribution < 1.29 is 9.53 Å². The average Bonchev–Trinajstić information content (AvgIpc) is 2.89. The molecule has 5 heteroatoms. The first-order valence-corrected chi connectivity index (χ1v) is 7.96. The molecule has 21 heavy (non-hydrogen) atoms. The Hall–Kier alpha value is -1.23. The molecule has 1 fully saturated rings. The molecule has 0 spiro atoms. The SMILES string of the molecule is CCOC1(C(=O)Cc2ncnn2CC)CCC(C)(C)CC1. The van der Waals surface area contributed by atoms with E-state index in [4.69, 9.17) is 4.74 Å². The van der Waals surface area contributed by atoms with Gasteiger partial charge in [0.05, 0.1) is 6.42 Å². The molecule has 1 aromatic rings. The molecule has 0 radical (unpaired) electrons. The molecule has 1 aromatic heterocycles. The van der Waals surface area contributed by atoms with Gasteiger partial charge in [-0.1, -0.05) is 13.8 Å². The zero-order valence-corrected chi connectivity index (χ0v) is 13.7. The van der Waals surface area contributed by atoms with Crippen LogP contribution in [0.2, 0.25) is 0 Å². The van der Waals surface area contributed by atoms with Crippen LogP contribution in [0.4, 0.5) is 0 Å². The highest BCUT2D eigenvalue weighted by Gasteiger charge is 2.44. The number of nitrogens with zero attached hydrogens (tertiary/aromatic N) is 3. The Balaban J connectivity index is 2.13. The minimum absolute atomic E-state index is 0.155. The molecule has 1 aliphatic carbocycles. The third-order valence-corrected chi connectivity index (χ3v) is 4.65. The van der Waals surface area contributed by atoms with Gasteiger partial charge in [-0.3, -0.25) is 4.79 Å². The van der Waals surface area contributed by atoms with E-state index >= 15 is 0 Å². The van der Waals surface area contributed by atoms with E-state index in [-0.39, 0.29) is 5.78 Å². The second-order valence-electron chi connectivity index (χ2n) is 6.68. The molecular formula is C16H27N3O2. The van der Waals surface area contributed by atoms with Crippen molar-refractivity contribution in [3.8, 4) is 0 Å². The summed E-state index contributed by atoms with van der Waals surface area (Å²) in [6, 6.07) is 0. The number of ether oxygens (including phenoxy) is 1. The van der Waals surface area contributed by atoms with Gasteiger partial charge in [-0.2, -0.15) is 5.10 Å². The Kier molecular flexibility index (Phi) is 4.81. The van der Waals surface area contributed by atoms with E-state index in [0.717, 1.165) is 38.1 Å². The molecule has 1 saturated carbocycles. The van der Waals surface area contributed by atoms with Crippen molar-refractivity contribution in [1.29, 1.82) is 0 Å². The standard InChI is InChI=1S/C16H27N3O2/c1-5-19-14(17-12-18-19)11-13(20)16(21-6-2)9-7-15(3,4)8-10-16/h12H,5-11H2,1-4H3. The quantitative estimate of drug-likeness (QED) is 0.809. The highest BCUT2D eigenvalue weighted by molar-refractivity contribution is 5.88. The topological polar surface area (TPSA) is 57.0 Å². The molecule has 2 rings (SSSR count). The van der Waals surface area contributed by atoms with Gasteiger partial charge in [0.2, 0.25) is 0 Å². The van der Waals surface area contributed by atoms with Crippen molar-refractivity contribution in [1.82, 2.24) is 14.8 Å². The van der Waals surface area contributed by atoms with Crippen LogP contribution in [0.15, 0.2) is 6.33 Å². The largest absolute Gasteiger partial charge is 0.367 e. The lowest BCUT2D eigenvalue weighted by Gasteiger charge is -2.42. The Morgan fingerprint density at radius 3 is 2.52 bits per heavy atom. The maximum Gasteiger partial charge on any atom is 0.172 e. The molecular weight excluding hydrogens is 266 g/mol. The number of aromatic nitrogens is 3. The first-order valence-electron chi connectivity index (χ1n) is 7.96. The molecule has 0 aromatic carbocycles. The predicted octanol–water partition coefficient (Wildman–Crippen LogP) is 2.79. The minimum atomic E-state index is -0.616. The number of ketones is 1. The number of aryl methyl sites for hydroxylation is 1. The van der Waals surface area contributed by atoms with Crippen molar-refractivity contribution in [2.24, 2.45) is 5.41 Å². The first-order chi connectivity index (χ1) is 9.92. The highest BCUT2D eigenvalue weighted by Crippen LogP contribution is 2.42. The van der Waals surface area contributed by atoms with Crippen molar-refractivity contribution >= 4 is 5.78 Å². The van der Waals surface area contributed by atoms with E-state index < -0.39 is 5.60 Å². The van der Waals surface area contributed by atoms with Crippen LogP contribution >= 0.6 is 0 Å². The molecule has 1 aliphatic rings. The maximum absolute atomic E-state index is 12.9. The zero-order valence-electron chi connectivity index (χ0n) is 13.7. The lowest BCUT2D eigenvalue weighted by molar-refractivity contribution is -0.151. The fourth-order valence-corrected chi connectivity index (χ4v) is 3.10. The second kappa shape index (κ2) is 6.26. The summed E-state index contributed by atoms with van der Waals surface area (Å²) in [5.41, 5.74) is -0.306. The van der Waals surface area contributed by atoms with Gasteiger partial charge in [-0.25, -0.2) is 9.67 Å². The van der Waals surface area contributed by atoms with E-state index in [1.807, 2.05) is 13.8 Å². The Morgan fingerprint density at radius 2 is 1.95 bits per heavy atom. The third-order valence-electron chi connectivity index (χ3n) is 4.65. The Bertz CT molecular complexity index is 483. The second-order valence-corrected chi connectivity index (χ2v) is 6.68. The summed E-state index contributed by atoms with van der Waals surface area (Å²) in [4.78, 5) is 17.1. The van der Waals surface area contributed by atoms with Crippen LogP contribution in [-0.4, -0.2) is 32.8 Å². The van der Waals surface area contributed by atoms with Crippen LogP contribution in [0.25, 0.3) is 0 Å². The Labute approximate surface area is 127 Å². The lowest BCUT2D eigenvalue weighted by Crippen LogP contribution is -2.47. The lowest BCUT2D eigenvalue weighted by atomic mass is 9.69. The van der Waals surface area contributed by atoms with Crippen LogP contribution < -0.4 is 0 Å². The smallest absolute Gasteiger partial charge is 0.172 e. The van der Waals surface area contributed by atoms with Crippen LogP contribution in [0, 0.1) is 5.41 Å². The van der Waals surface area contributed by atoms with E-state index in [1.54, 1.807) is 4.68 Å². The van der Waals surface area contributed by atoms with Crippen LogP contribution in [0.5, 0.6) is 0 Å². The third kappa shape index (κ3) is 3.51. The van der Waals surface area contributed by atoms with Gasteiger partial charge in [0.1, 0.15) is 17.8 Å². The molecule has 118 valence electrons. The van der Waals surface area contributed by atoms with E-state index in [2.05, 4.69) is 23.9 Å². The maximum atomic E-state index is 12.9. The first kappa shape index (κ1) is 16.1. The van der Waals surface area contributed by atoms with Crippen LogP contribution in [-0.2, 0) is 22.5 Å². The Morgan fingerprint density at radius 1 is 1.29 bits per heavy atom. The summed E-state index contributed by atoms with van der Waals surface area (Å²) < 4.78 is 7.72. The van der Waals surface area contributed by atoms with Crippen molar-refractivity contribution in [3.05, 3.63) is 12.2 Å². The normalized spacial score (nSPS) is 20.4. The molecule has 1 heterocycles. The van der Waals surface area contributed by atoms with Gasteiger partial charge < -0.3 is 4.74 Å². The van der Waals surface area contributed by atoms with E-state index in [9.17, 15) is 4.79 Å². The molecule has 5 nitrogen and oxygen atoms in total. The summed E-state index contributed by atoms with van der Waals surface area (Å²) in [6.07, 6.45) is 5.51. The monoisotopic (exact) mass is 293 g/mol. The van der Waals surface area contributed by atoms with Crippen molar-refractivity contribution in [2.75, 3.05) is 6.61 Å². The van der Waals surface area contributed by atoms with Gasteiger partial charge in [-0.15, -0.1) is 0 Å². The molecule has 0 unspecified atom stereocenters. The fraction of sp³-hybridized carbons (Fsp3) is 0.812. The summed E-state index contributed by atoms with van der Waals surface area (Å²) in [7, 11) is 0. The molecule has 0 amide bonds. The van der Waals surface area contributed by atoms with Crippen molar-refractivity contribution in [2.45, 2.75) is 71.9 Å². The van der Waals surface area contributed by atoms with Gasteiger partial charge in [0.15, 0.2) is 5.78 Å². The van der Waals surface area contributed by atoms with Gasteiger partial charge in [0.25, 0.3) is 0 Å². The van der Waals surface area contributed by atoms with E-state index in [1.165, 1.54) is 6.33 Å². The number of carbonyl (C=O) groups is 1. The number of carbonyl (C=O) groups excluding carboxylic acids is 1.